The third-order valence-corrected chi connectivity index (χ3v) is 4.83. The van der Waals surface area contributed by atoms with Crippen molar-refractivity contribution < 1.29 is 0 Å². The largest absolute Gasteiger partial charge is 0.337 e. The molecule has 1 unspecified atom stereocenters. The molecule has 0 bridgehead atoms. The molecule has 6 heteroatoms. The number of nitrogens with zero attached hydrogens (tertiary/aromatic N) is 4. The molecular weight excluding hydrogens is 358 g/mol. The molecule has 5 nitrogen and oxygen atoms in total. The minimum absolute atomic E-state index is 0.0804. The van der Waals surface area contributed by atoms with Crippen molar-refractivity contribution in [1.82, 2.24) is 24.6 Å². The van der Waals surface area contributed by atoms with E-state index in [9.17, 15) is 0 Å². The average Bonchev–Trinajstić information content (AvgIpc) is 3.25. The van der Waals surface area contributed by atoms with Crippen molar-refractivity contribution in [2.24, 2.45) is 5.92 Å². The Kier molecular flexibility index (Phi) is 6.02. The molecule has 0 saturated carbocycles. The van der Waals surface area contributed by atoms with Crippen molar-refractivity contribution in [2.45, 2.75) is 46.3 Å². The number of hydrogen-bond donors (Lipinski definition) is 1. The van der Waals surface area contributed by atoms with Crippen LogP contribution in [0.3, 0.4) is 0 Å². The fraction of sp³-hybridized carbons (Fsp3) is 0.429. The summed E-state index contributed by atoms with van der Waals surface area (Å²) >= 11 is 6.44. The summed E-state index contributed by atoms with van der Waals surface area (Å²) in [5.74, 6) is 0.501. The van der Waals surface area contributed by atoms with Crippen LogP contribution in [0, 0.1) is 5.92 Å². The minimum Gasteiger partial charge on any atom is -0.337 e. The summed E-state index contributed by atoms with van der Waals surface area (Å²) in [5, 5.41) is 9.16. The van der Waals surface area contributed by atoms with Gasteiger partial charge >= 0.3 is 0 Å². The second-order valence-electron chi connectivity index (χ2n) is 8.09. The van der Waals surface area contributed by atoms with E-state index >= 15 is 0 Å². The van der Waals surface area contributed by atoms with Gasteiger partial charge in [0.25, 0.3) is 0 Å². The number of imidazole rings is 1. The maximum Gasteiger partial charge on any atom is 0.0983 e. The van der Waals surface area contributed by atoms with E-state index in [1.165, 1.54) is 0 Å². The van der Waals surface area contributed by atoms with Crippen molar-refractivity contribution in [3.05, 3.63) is 59.8 Å². The van der Waals surface area contributed by atoms with Crippen LogP contribution in [0.25, 0.3) is 11.3 Å². The van der Waals surface area contributed by atoms with Crippen molar-refractivity contribution in [3.8, 4) is 11.3 Å². The lowest BCUT2D eigenvalue weighted by molar-refractivity contribution is 0.356. The Bertz CT molecular complexity index is 861. The van der Waals surface area contributed by atoms with Crippen LogP contribution >= 0.6 is 11.6 Å². The highest BCUT2D eigenvalue weighted by molar-refractivity contribution is 6.33. The van der Waals surface area contributed by atoms with Crippen LogP contribution < -0.4 is 5.32 Å². The zero-order valence-electron chi connectivity index (χ0n) is 16.5. The van der Waals surface area contributed by atoms with Crippen molar-refractivity contribution >= 4 is 11.6 Å². The molecule has 2 aromatic heterocycles. The van der Waals surface area contributed by atoms with Gasteiger partial charge in [-0.3, -0.25) is 4.68 Å². The van der Waals surface area contributed by atoms with Crippen LogP contribution in [0.1, 0.15) is 33.3 Å². The molecule has 0 aliphatic rings. The van der Waals surface area contributed by atoms with Crippen LogP contribution in [0.2, 0.25) is 5.02 Å². The molecular formula is C21H28ClN5. The molecule has 0 radical (unpaired) electrons. The van der Waals surface area contributed by atoms with Gasteiger partial charge < -0.3 is 9.88 Å². The van der Waals surface area contributed by atoms with Gasteiger partial charge in [0.1, 0.15) is 0 Å². The molecule has 27 heavy (non-hydrogen) atoms. The van der Waals surface area contributed by atoms with E-state index in [1.807, 2.05) is 47.7 Å². The molecule has 1 aromatic carbocycles. The lowest BCUT2D eigenvalue weighted by Crippen LogP contribution is -2.24. The van der Waals surface area contributed by atoms with Crippen LogP contribution in [0.15, 0.2) is 49.2 Å². The minimum atomic E-state index is -0.0804. The van der Waals surface area contributed by atoms with E-state index in [0.717, 1.165) is 41.5 Å². The first-order valence-corrected chi connectivity index (χ1v) is 9.73. The predicted molar refractivity (Wildman–Crippen MR) is 111 cm³/mol. The molecule has 0 fully saturated rings. The Morgan fingerprint density at radius 1 is 1.22 bits per heavy atom. The number of hydrogen-bond acceptors (Lipinski definition) is 3. The Morgan fingerprint density at radius 2 is 2.00 bits per heavy atom. The van der Waals surface area contributed by atoms with Gasteiger partial charge in [0.05, 0.1) is 22.6 Å². The van der Waals surface area contributed by atoms with Crippen molar-refractivity contribution in [1.29, 1.82) is 0 Å². The monoisotopic (exact) mass is 385 g/mol. The summed E-state index contributed by atoms with van der Waals surface area (Å²) in [5.41, 5.74) is 3.01. The molecule has 1 atom stereocenters. The summed E-state index contributed by atoms with van der Waals surface area (Å²) in [4.78, 5) is 4.10. The Hall–Kier alpha value is -2.11. The van der Waals surface area contributed by atoms with Crippen molar-refractivity contribution in [2.75, 3.05) is 6.54 Å². The summed E-state index contributed by atoms with van der Waals surface area (Å²) in [6, 6.07) is 7.89. The molecule has 0 spiro atoms. The Labute approximate surface area is 166 Å². The summed E-state index contributed by atoms with van der Waals surface area (Å²) in [6.07, 6.45) is 7.81. The van der Waals surface area contributed by atoms with E-state index in [0.29, 0.717) is 5.92 Å². The SMILES string of the molecule is CC(CNCc1cn(C(C)(C)C)nc1-c1ccccc1Cl)Cn1ccnc1. The lowest BCUT2D eigenvalue weighted by Gasteiger charge is -2.19. The van der Waals surface area contributed by atoms with E-state index in [-0.39, 0.29) is 5.54 Å². The van der Waals surface area contributed by atoms with Crippen LogP contribution in [0.4, 0.5) is 0 Å². The third kappa shape index (κ3) is 4.99. The quantitative estimate of drug-likeness (QED) is 0.647. The van der Waals surface area contributed by atoms with Crippen LogP contribution in [-0.2, 0) is 18.6 Å². The molecule has 1 N–H and O–H groups in total. The van der Waals surface area contributed by atoms with Crippen LogP contribution in [-0.4, -0.2) is 25.9 Å². The number of benzene rings is 1. The van der Waals surface area contributed by atoms with Gasteiger partial charge in [-0.15, -0.1) is 0 Å². The third-order valence-electron chi connectivity index (χ3n) is 4.50. The first-order valence-electron chi connectivity index (χ1n) is 9.35. The van der Waals surface area contributed by atoms with E-state index in [2.05, 4.69) is 48.8 Å². The molecule has 3 rings (SSSR count). The maximum absolute atomic E-state index is 6.44. The standard InChI is InChI=1S/C21H28ClN5/c1-16(13-26-10-9-23-15-26)11-24-12-17-14-27(21(2,3)4)25-20(17)18-7-5-6-8-19(18)22/h5-10,14-16,24H,11-13H2,1-4H3. The second-order valence-corrected chi connectivity index (χ2v) is 8.50. The summed E-state index contributed by atoms with van der Waals surface area (Å²) in [7, 11) is 0. The maximum atomic E-state index is 6.44. The van der Waals surface area contributed by atoms with Gasteiger partial charge in [-0.25, -0.2) is 4.98 Å². The normalized spacial score (nSPS) is 13.1. The zero-order chi connectivity index (χ0) is 19.4. The molecule has 0 amide bonds. The number of halogens is 1. The van der Waals surface area contributed by atoms with Crippen LogP contribution in [0.5, 0.6) is 0 Å². The predicted octanol–water partition coefficient (Wildman–Crippen LogP) is 4.58. The summed E-state index contributed by atoms with van der Waals surface area (Å²) in [6.45, 7) is 11.3. The number of nitrogens with one attached hydrogen (secondary N) is 1. The molecule has 2 heterocycles. The number of aromatic nitrogens is 4. The average molecular weight is 386 g/mol. The first kappa shape index (κ1) is 19.6. The second kappa shape index (κ2) is 8.28. The molecule has 0 saturated heterocycles. The van der Waals surface area contributed by atoms with Gasteiger partial charge in [-0.1, -0.05) is 36.7 Å². The van der Waals surface area contributed by atoms with Gasteiger partial charge in [-0.2, -0.15) is 5.10 Å². The van der Waals surface area contributed by atoms with Gasteiger partial charge in [0, 0.05) is 42.8 Å². The smallest absolute Gasteiger partial charge is 0.0983 e. The van der Waals surface area contributed by atoms with Gasteiger partial charge in [-0.05, 0) is 39.3 Å². The topological polar surface area (TPSA) is 47.7 Å². The Balaban J connectivity index is 1.73. The lowest BCUT2D eigenvalue weighted by atomic mass is 10.1. The van der Waals surface area contributed by atoms with Gasteiger partial charge in [0.2, 0.25) is 0 Å². The molecule has 0 aliphatic heterocycles. The van der Waals surface area contributed by atoms with E-state index < -0.39 is 0 Å². The van der Waals surface area contributed by atoms with Crippen molar-refractivity contribution in [3.63, 3.8) is 0 Å². The molecule has 0 aliphatic carbocycles. The highest BCUT2D eigenvalue weighted by Crippen LogP contribution is 2.30. The fourth-order valence-corrected chi connectivity index (χ4v) is 3.26. The molecule has 3 aromatic rings. The summed E-state index contributed by atoms with van der Waals surface area (Å²) < 4.78 is 4.14. The van der Waals surface area contributed by atoms with Gasteiger partial charge in [0.15, 0.2) is 0 Å². The zero-order valence-corrected chi connectivity index (χ0v) is 17.2. The molecule has 144 valence electrons. The first-order chi connectivity index (χ1) is 12.8. The fourth-order valence-electron chi connectivity index (χ4n) is 3.04. The van der Waals surface area contributed by atoms with E-state index in [4.69, 9.17) is 16.7 Å². The Morgan fingerprint density at radius 3 is 2.67 bits per heavy atom. The van der Waals surface area contributed by atoms with E-state index in [1.54, 1.807) is 0 Å². The highest BCUT2D eigenvalue weighted by atomic mass is 35.5. The number of rotatable bonds is 7. The highest BCUT2D eigenvalue weighted by Gasteiger charge is 2.20.